The van der Waals surface area contributed by atoms with Crippen LogP contribution in [-0.2, 0) is 6.42 Å². The van der Waals surface area contributed by atoms with Crippen LogP contribution in [0.25, 0.3) is 26.3 Å². The van der Waals surface area contributed by atoms with Gasteiger partial charge in [0.05, 0.1) is 17.1 Å². The molecule has 5 rings (SSSR count). The molecular weight excluding hydrogens is 490 g/mol. The second kappa shape index (κ2) is 8.33. The van der Waals surface area contributed by atoms with Gasteiger partial charge in [0.25, 0.3) is 5.91 Å². The van der Waals surface area contributed by atoms with Crippen molar-refractivity contribution in [3.63, 3.8) is 0 Å². The molecule has 0 aliphatic carbocycles. The first-order valence-electron chi connectivity index (χ1n) is 9.97. The van der Waals surface area contributed by atoms with E-state index in [1.807, 2.05) is 61.5 Å². The smallest absolute Gasteiger partial charge is 0.259 e. The summed E-state index contributed by atoms with van der Waals surface area (Å²) in [7, 11) is 1.56. The molecule has 0 bridgehead atoms. The first kappa shape index (κ1) is 20.6. The highest BCUT2D eigenvalue weighted by Crippen LogP contribution is 2.37. The Hall–Kier alpha value is -3.30. The van der Waals surface area contributed by atoms with E-state index in [4.69, 9.17) is 4.74 Å². The summed E-state index contributed by atoms with van der Waals surface area (Å²) >= 11 is 5.06. The predicted molar refractivity (Wildman–Crippen MR) is 130 cm³/mol. The van der Waals surface area contributed by atoms with Gasteiger partial charge in [0.2, 0.25) is 4.96 Å². The molecule has 0 spiro atoms. The summed E-state index contributed by atoms with van der Waals surface area (Å²) in [5, 5.41) is 18.7. The molecule has 3 aromatic carbocycles. The number of methoxy groups -OCH3 is 1. The highest BCUT2D eigenvalue weighted by molar-refractivity contribution is 9.10. The van der Waals surface area contributed by atoms with E-state index in [0.29, 0.717) is 17.0 Å². The number of carbonyl (C=O) groups excluding carboxylic acids is 1. The number of rotatable bonds is 5. The van der Waals surface area contributed by atoms with Gasteiger partial charge in [-0.05, 0) is 57.0 Å². The van der Waals surface area contributed by atoms with Crippen molar-refractivity contribution < 1.29 is 9.53 Å². The van der Waals surface area contributed by atoms with Crippen LogP contribution in [0.4, 0.5) is 5.69 Å². The van der Waals surface area contributed by atoms with Crippen molar-refractivity contribution in [1.82, 2.24) is 19.8 Å². The Bertz CT molecular complexity index is 1460. The summed E-state index contributed by atoms with van der Waals surface area (Å²) in [6.45, 7) is 2.02. The molecule has 7 nitrogen and oxygen atoms in total. The molecule has 0 aliphatic heterocycles. The fraction of sp³-hybridized carbons (Fsp3) is 0.130. The molecule has 0 saturated carbocycles. The van der Waals surface area contributed by atoms with Crippen LogP contribution in [0.3, 0.4) is 0 Å². The molecule has 32 heavy (non-hydrogen) atoms. The maximum absolute atomic E-state index is 13.1. The van der Waals surface area contributed by atoms with Crippen molar-refractivity contribution >= 4 is 54.6 Å². The number of carbonyl (C=O) groups is 1. The van der Waals surface area contributed by atoms with Gasteiger partial charge in [-0.2, -0.15) is 9.61 Å². The quantitative estimate of drug-likeness (QED) is 0.335. The topological polar surface area (TPSA) is 81.4 Å². The highest BCUT2D eigenvalue weighted by Gasteiger charge is 2.18. The number of aryl methyl sites for hydroxylation is 1. The maximum atomic E-state index is 13.1. The molecule has 2 heterocycles. The van der Waals surface area contributed by atoms with Crippen molar-refractivity contribution in [3.05, 3.63) is 70.5 Å². The minimum Gasteiger partial charge on any atom is -0.495 e. The number of ether oxygens (including phenoxy) is 1. The van der Waals surface area contributed by atoms with Crippen LogP contribution < -0.4 is 10.1 Å². The van der Waals surface area contributed by atoms with Gasteiger partial charge in [-0.3, -0.25) is 4.79 Å². The Morgan fingerprint density at radius 2 is 1.94 bits per heavy atom. The van der Waals surface area contributed by atoms with Gasteiger partial charge in [0.15, 0.2) is 5.82 Å². The zero-order valence-electron chi connectivity index (χ0n) is 17.3. The Morgan fingerprint density at radius 3 is 2.69 bits per heavy atom. The number of amides is 1. The van der Waals surface area contributed by atoms with Crippen molar-refractivity contribution in [2.75, 3.05) is 12.4 Å². The van der Waals surface area contributed by atoms with Gasteiger partial charge >= 0.3 is 0 Å². The molecule has 0 unspecified atom stereocenters. The molecule has 0 aliphatic rings. The molecule has 0 fully saturated rings. The van der Waals surface area contributed by atoms with E-state index >= 15 is 0 Å². The second-order valence-electron chi connectivity index (χ2n) is 7.10. The van der Waals surface area contributed by atoms with Gasteiger partial charge < -0.3 is 10.1 Å². The van der Waals surface area contributed by atoms with Gasteiger partial charge in [0.1, 0.15) is 10.8 Å². The average molecular weight is 508 g/mol. The Balaban J connectivity index is 1.42. The summed E-state index contributed by atoms with van der Waals surface area (Å²) in [5.74, 6) is 1.10. The van der Waals surface area contributed by atoms with E-state index in [-0.39, 0.29) is 5.91 Å². The van der Waals surface area contributed by atoms with Crippen LogP contribution in [0.15, 0.2) is 59.1 Å². The largest absolute Gasteiger partial charge is 0.495 e. The monoisotopic (exact) mass is 507 g/mol. The van der Waals surface area contributed by atoms with Crippen molar-refractivity contribution in [1.29, 1.82) is 0 Å². The molecule has 9 heteroatoms. The fourth-order valence-corrected chi connectivity index (χ4v) is 5.14. The Morgan fingerprint density at radius 1 is 1.16 bits per heavy atom. The molecule has 0 saturated heterocycles. The van der Waals surface area contributed by atoms with Crippen molar-refractivity contribution in [3.8, 4) is 16.3 Å². The van der Waals surface area contributed by atoms with E-state index in [2.05, 4.69) is 36.5 Å². The first-order valence-corrected chi connectivity index (χ1v) is 11.6. The highest BCUT2D eigenvalue weighted by atomic mass is 79.9. The third-order valence-corrected chi connectivity index (χ3v) is 6.89. The predicted octanol–water partition coefficient (Wildman–Crippen LogP) is 5.59. The Kier molecular flexibility index (Phi) is 5.36. The fourth-order valence-electron chi connectivity index (χ4n) is 3.54. The molecule has 0 atom stereocenters. The van der Waals surface area contributed by atoms with Gasteiger partial charge in [0, 0.05) is 17.7 Å². The van der Waals surface area contributed by atoms with Crippen LogP contribution in [0.1, 0.15) is 23.1 Å². The first-order chi connectivity index (χ1) is 15.6. The molecular formula is C23H18BrN5O2S. The number of nitrogens with zero attached hydrogens (tertiary/aromatic N) is 4. The number of halogens is 1. The summed E-state index contributed by atoms with van der Waals surface area (Å²) in [5.41, 5.74) is 2.09. The zero-order valence-corrected chi connectivity index (χ0v) is 19.7. The zero-order chi connectivity index (χ0) is 22.2. The number of nitrogens with one attached hydrogen (secondary N) is 1. The number of benzene rings is 3. The Labute approximate surface area is 196 Å². The minimum absolute atomic E-state index is 0.243. The van der Waals surface area contributed by atoms with E-state index in [0.717, 1.165) is 43.0 Å². The maximum Gasteiger partial charge on any atom is 0.259 e. The number of anilines is 1. The van der Waals surface area contributed by atoms with Gasteiger partial charge in [-0.15, -0.1) is 10.2 Å². The number of fused-ring (bicyclic) bond motifs is 2. The van der Waals surface area contributed by atoms with Gasteiger partial charge in [-0.1, -0.05) is 42.5 Å². The SMILES string of the molecule is CCc1nnc2sc(-c3ccc(NC(=O)c4cc5ccccc5c(Br)c4OC)cc3)nn12. The third-order valence-electron chi connectivity index (χ3n) is 5.15. The van der Waals surface area contributed by atoms with E-state index < -0.39 is 0 Å². The van der Waals surface area contributed by atoms with E-state index in [1.165, 1.54) is 11.3 Å². The number of hydrogen-bond acceptors (Lipinski definition) is 6. The van der Waals surface area contributed by atoms with Crippen LogP contribution in [-0.4, -0.2) is 32.8 Å². The molecule has 5 aromatic rings. The summed E-state index contributed by atoms with van der Waals surface area (Å²) < 4.78 is 8.07. The molecule has 0 radical (unpaired) electrons. The summed E-state index contributed by atoms with van der Waals surface area (Å²) in [6, 6.07) is 17.3. The molecule has 2 aromatic heterocycles. The second-order valence-corrected chi connectivity index (χ2v) is 8.84. The van der Waals surface area contributed by atoms with Crippen molar-refractivity contribution in [2.45, 2.75) is 13.3 Å². The third kappa shape index (κ3) is 3.53. The van der Waals surface area contributed by atoms with Gasteiger partial charge in [-0.25, -0.2) is 0 Å². The van der Waals surface area contributed by atoms with Crippen LogP contribution in [0, 0.1) is 0 Å². The average Bonchev–Trinajstić information content (AvgIpc) is 3.40. The van der Waals surface area contributed by atoms with E-state index in [1.54, 1.807) is 11.6 Å². The minimum atomic E-state index is -0.243. The normalized spacial score (nSPS) is 11.2. The molecule has 1 N–H and O–H groups in total. The summed E-state index contributed by atoms with van der Waals surface area (Å²) in [4.78, 5) is 13.8. The van der Waals surface area contributed by atoms with Crippen LogP contribution in [0.5, 0.6) is 5.75 Å². The van der Waals surface area contributed by atoms with Crippen molar-refractivity contribution in [2.24, 2.45) is 0 Å². The van der Waals surface area contributed by atoms with Crippen LogP contribution >= 0.6 is 27.3 Å². The lowest BCUT2D eigenvalue weighted by atomic mass is 10.0. The summed E-state index contributed by atoms with van der Waals surface area (Å²) in [6.07, 6.45) is 0.768. The standard InChI is InChI=1S/C23H18BrN5O2S/c1-3-18-26-27-23-29(18)28-22(32-23)13-8-10-15(11-9-13)25-21(30)17-12-14-6-4-5-7-16(14)19(24)20(17)31-2/h4-12H,3H2,1-2H3,(H,25,30). The lowest BCUT2D eigenvalue weighted by molar-refractivity contribution is 0.102. The molecule has 160 valence electrons. The lowest BCUT2D eigenvalue weighted by Crippen LogP contribution is -2.13. The van der Waals surface area contributed by atoms with E-state index in [9.17, 15) is 4.79 Å². The van der Waals surface area contributed by atoms with Crippen LogP contribution in [0.2, 0.25) is 0 Å². The lowest BCUT2D eigenvalue weighted by Gasteiger charge is -2.13. The molecule has 1 amide bonds. The number of aromatic nitrogens is 4. The number of hydrogen-bond donors (Lipinski definition) is 1.